The number of aryl methyl sites for hydroxylation is 1. The summed E-state index contributed by atoms with van der Waals surface area (Å²) < 4.78 is 5.21. The van der Waals surface area contributed by atoms with E-state index in [1.54, 1.807) is 11.3 Å². The number of rotatable bonds is 4. The molecule has 0 amide bonds. The summed E-state index contributed by atoms with van der Waals surface area (Å²) in [4.78, 5) is 15.9. The first kappa shape index (κ1) is 14.1. The highest BCUT2D eigenvalue weighted by Gasteiger charge is 2.17. The summed E-state index contributed by atoms with van der Waals surface area (Å²) in [5.74, 6) is -0.238. The van der Waals surface area contributed by atoms with Crippen LogP contribution in [0, 0.1) is 6.92 Å². The molecule has 1 N–H and O–H groups in total. The van der Waals surface area contributed by atoms with Crippen molar-refractivity contribution in [3.05, 3.63) is 16.1 Å². The average molecular weight is 256 g/mol. The number of carbonyl (C=O) groups is 1. The van der Waals surface area contributed by atoms with Crippen molar-refractivity contribution in [2.75, 3.05) is 6.54 Å². The highest BCUT2D eigenvalue weighted by molar-refractivity contribution is 7.09. The van der Waals surface area contributed by atoms with Crippen LogP contribution in [-0.4, -0.2) is 23.1 Å². The molecule has 0 saturated heterocycles. The van der Waals surface area contributed by atoms with Gasteiger partial charge in [0.05, 0.1) is 12.6 Å². The highest BCUT2D eigenvalue weighted by atomic mass is 32.1. The van der Waals surface area contributed by atoms with E-state index in [0.29, 0.717) is 0 Å². The first-order valence-electron chi connectivity index (χ1n) is 5.65. The van der Waals surface area contributed by atoms with E-state index in [-0.39, 0.29) is 18.6 Å². The second kappa shape index (κ2) is 5.60. The zero-order chi connectivity index (χ0) is 13.1. The van der Waals surface area contributed by atoms with Gasteiger partial charge in [-0.1, -0.05) is 0 Å². The molecule has 0 aliphatic heterocycles. The van der Waals surface area contributed by atoms with Crippen molar-refractivity contribution in [3.8, 4) is 0 Å². The van der Waals surface area contributed by atoms with E-state index < -0.39 is 5.60 Å². The molecule has 0 fully saturated rings. The van der Waals surface area contributed by atoms with E-state index in [1.165, 1.54) is 0 Å². The van der Waals surface area contributed by atoms with Crippen LogP contribution in [-0.2, 0) is 9.53 Å². The molecule has 4 nitrogen and oxygen atoms in total. The van der Waals surface area contributed by atoms with Gasteiger partial charge in [-0.05, 0) is 34.6 Å². The SMILES string of the molecule is Cc1csc(C(C)NCC(=O)OC(C)(C)C)n1. The van der Waals surface area contributed by atoms with E-state index in [2.05, 4.69) is 10.3 Å². The Morgan fingerprint density at radius 3 is 2.71 bits per heavy atom. The van der Waals surface area contributed by atoms with Crippen LogP contribution in [0.4, 0.5) is 0 Å². The maximum atomic E-state index is 11.5. The largest absolute Gasteiger partial charge is 0.459 e. The normalized spacial score (nSPS) is 13.5. The third kappa shape index (κ3) is 5.28. The van der Waals surface area contributed by atoms with Crippen molar-refractivity contribution < 1.29 is 9.53 Å². The maximum absolute atomic E-state index is 11.5. The fourth-order valence-electron chi connectivity index (χ4n) is 1.27. The zero-order valence-electron chi connectivity index (χ0n) is 11.0. The van der Waals surface area contributed by atoms with Crippen LogP contribution in [0.15, 0.2) is 5.38 Å². The maximum Gasteiger partial charge on any atom is 0.320 e. The lowest BCUT2D eigenvalue weighted by Gasteiger charge is -2.20. The van der Waals surface area contributed by atoms with Crippen molar-refractivity contribution in [2.24, 2.45) is 0 Å². The number of nitrogens with zero attached hydrogens (tertiary/aromatic N) is 1. The molecule has 1 rings (SSSR count). The number of ether oxygens (including phenoxy) is 1. The fraction of sp³-hybridized carbons (Fsp3) is 0.667. The Morgan fingerprint density at radius 1 is 1.59 bits per heavy atom. The van der Waals surface area contributed by atoms with Crippen molar-refractivity contribution in [1.29, 1.82) is 0 Å². The van der Waals surface area contributed by atoms with Crippen LogP contribution >= 0.6 is 11.3 Å². The minimum Gasteiger partial charge on any atom is -0.459 e. The quantitative estimate of drug-likeness (QED) is 0.841. The van der Waals surface area contributed by atoms with Crippen molar-refractivity contribution in [1.82, 2.24) is 10.3 Å². The Kier molecular flexibility index (Phi) is 4.65. The van der Waals surface area contributed by atoms with Gasteiger partial charge in [0.25, 0.3) is 0 Å². The molecule has 0 saturated carbocycles. The topological polar surface area (TPSA) is 51.2 Å². The molecular formula is C12H20N2O2S. The summed E-state index contributed by atoms with van der Waals surface area (Å²) in [7, 11) is 0. The predicted molar refractivity (Wildman–Crippen MR) is 69.1 cm³/mol. The molecule has 1 atom stereocenters. The summed E-state index contributed by atoms with van der Waals surface area (Å²) in [6.07, 6.45) is 0. The molecule has 0 aliphatic carbocycles. The Morgan fingerprint density at radius 2 is 2.24 bits per heavy atom. The fourth-order valence-corrected chi connectivity index (χ4v) is 2.10. The minimum atomic E-state index is -0.431. The van der Waals surface area contributed by atoms with Gasteiger partial charge < -0.3 is 4.74 Å². The summed E-state index contributed by atoms with van der Waals surface area (Å²) in [5.41, 5.74) is 0.579. The molecule has 0 bridgehead atoms. The Labute approximate surface area is 106 Å². The first-order valence-corrected chi connectivity index (χ1v) is 6.53. The second-order valence-electron chi connectivity index (χ2n) is 5.02. The summed E-state index contributed by atoms with van der Waals surface area (Å²) >= 11 is 1.60. The summed E-state index contributed by atoms with van der Waals surface area (Å²) in [5, 5.41) is 6.10. The molecule has 1 aromatic heterocycles. The summed E-state index contributed by atoms with van der Waals surface area (Å²) in [6.45, 7) is 9.73. The van der Waals surface area contributed by atoms with E-state index in [9.17, 15) is 4.79 Å². The number of thiazole rings is 1. The van der Waals surface area contributed by atoms with E-state index in [1.807, 2.05) is 40.0 Å². The van der Waals surface area contributed by atoms with Crippen LogP contribution in [0.2, 0.25) is 0 Å². The number of nitrogens with one attached hydrogen (secondary N) is 1. The number of aromatic nitrogens is 1. The molecule has 96 valence electrons. The molecular weight excluding hydrogens is 236 g/mol. The minimum absolute atomic E-state index is 0.0706. The lowest BCUT2D eigenvalue weighted by molar-refractivity contribution is -0.153. The van der Waals surface area contributed by atoms with Gasteiger partial charge in [-0.25, -0.2) is 4.98 Å². The number of hydrogen-bond donors (Lipinski definition) is 1. The number of esters is 1. The van der Waals surface area contributed by atoms with Crippen LogP contribution in [0.25, 0.3) is 0 Å². The van der Waals surface area contributed by atoms with Gasteiger partial charge in [0.15, 0.2) is 0 Å². The lowest BCUT2D eigenvalue weighted by Crippen LogP contribution is -2.32. The van der Waals surface area contributed by atoms with Crippen molar-refractivity contribution in [2.45, 2.75) is 46.3 Å². The van der Waals surface area contributed by atoms with Gasteiger partial charge in [0, 0.05) is 11.1 Å². The molecule has 1 aromatic rings. The Hall–Kier alpha value is -0.940. The van der Waals surface area contributed by atoms with Crippen molar-refractivity contribution >= 4 is 17.3 Å². The number of hydrogen-bond acceptors (Lipinski definition) is 5. The van der Waals surface area contributed by atoms with E-state index in [4.69, 9.17) is 4.74 Å². The Balaban J connectivity index is 2.38. The van der Waals surface area contributed by atoms with Crippen molar-refractivity contribution in [3.63, 3.8) is 0 Å². The first-order chi connectivity index (χ1) is 7.78. The van der Waals surface area contributed by atoms with Gasteiger partial charge in [-0.3, -0.25) is 10.1 Å². The van der Waals surface area contributed by atoms with Crippen LogP contribution in [0.1, 0.15) is 44.4 Å². The average Bonchev–Trinajstić information content (AvgIpc) is 2.58. The van der Waals surface area contributed by atoms with Gasteiger partial charge in [0.2, 0.25) is 0 Å². The molecule has 0 aromatic carbocycles. The van der Waals surface area contributed by atoms with Crippen LogP contribution in [0.5, 0.6) is 0 Å². The third-order valence-electron chi connectivity index (χ3n) is 1.98. The molecule has 17 heavy (non-hydrogen) atoms. The molecule has 5 heteroatoms. The Bertz CT molecular complexity index is 382. The third-order valence-corrected chi connectivity index (χ3v) is 3.13. The van der Waals surface area contributed by atoms with Gasteiger partial charge in [-0.2, -0.15) is 0 Å². The zero-order valence-corrected chi connectivity index (χ0v) is 11.9. The highest BCUT2D eigenvalue weighted by Crippen LogP contribution is 2.17. The molecule has 0 aliphatic rings. The lowest BCUT2D eigenvalue weighted by atomic mass is 10.2. The molecule has 0 spiro atoms. The standard InChI is InChI=1S/C12H20N2O2S/c1-8-7-17-11(14-8)9(2)13-6-10(15)16-12(3,4)5/h7,9,13H,6H2,1-5H3. The van der Waals surface area contributed by atoms with E-state index >= 15 is 0 Å². The van der Waals surface area contributed by atoms with Crippen LogP contribution in [0.3, 0.4) is 0 Å². The van der Waals surface area contributed by atoms with Crippen LogP contribution < -0.4 is 5.32 Å². The molecule has 1 heterocycles. The number of carbonyl (C=O) groups excluding carboxylic acids is 1. The predicted octanol–water partition coefficient (Wildman–Crippen LogP) is 2.44. The molecule has 1 unspecified atom stereocenters. The van der Waals surface area contributed by atoms with Gasteiger partial charge in [-0.15, -0.1) is 11.3 Å². The summed E-state index contributed by atoms with van der Waals surface area (Å²) in [6, 6.07) is 0.0706. The van der Waals surface area contributed by atoms with Gasteiger partial charge in [0.1, 0.15) is 10.6 Å². The van der Waals surface area contributed by atoms with Gasteiger partial charge >= 0.3 is 5.97 Å². The van der Waals surface area contributed by atoms with E-state index in [0.717, 1.165) is 10.7 Å². The molecule has 0 radical (unpaired) electrons. The second-order valence-corrected chi connectivity index (χ2v) is 5.91. The smallest absolute Gasteiger partial charge is 0.320 e. The monoisotopic (exact) mass is 256 g/mol.